The van der Waals surface area contributed by atoms with Crippen molar-refractivity contribution in [2.45, 2.75) is 19.3 Å². The maximum atomic E-state index is 11.3. The maximum absolute atomic E-state index is 11.3. The largest absolute Gasteiger partial charge is 0.289 e. The standard InChI is InChI=1S/C12H17BrN2O/c1-15(2)14-12(16)5-3-4-10-6-8-11(13)9-7-10/h6-9H,3-5H2,1-2H3,(H,14,16). The molecule has 1 rings (SSSR count). The fourth-order valence-corrected chi connectivity index (χ4v) is 1.67. The Morgan fingerprint density at radius 2 is 1.94 bits per heavy atom. The first-order valence-corrected chi connectivity index (χ1v) is 6.08. The van der Waals surface area contributed by atoms with Crippen LogP contribution < -0.4 is 5.43 Å². The van der Waals surface area contributed by atoms with Crippen LogP contribution in [0.2, 0.25) is 0 Å². The van der Waals surface area contributed by atoms with Gasteiger partial charge < -0.3 is 0 Å². The van der Waals surface area contributed by atoms with E-state index in [-0.39, 0.29) is 5.91 Å². The van der Waals surface area contributed by atoms with Crippen LogP contribution in [0.15, 0.2) is 28.7 Å². The van der Waals surface area contributed by atoms with Crippen molar-refractivity contribution in [3.63, 3.8) is 0 Å². The average Bonchev–Trinajstić information content (AvgIpc) is 2.20. The molecule has 0 spiro atoms. The summed E-state index contributed by atoms with van der Waals surface area (Å²) in [6.45, 7) is 0. The fraction of sp³-hybridized carbons (Fsp3) is 0.417. The minimum atomic E-state index is 0.0714. The highest BCUT2D eigenvalue weighted by atomic mass is 79.9. The van der Waals surface area contributed by atoms with Crippen LogP contribution in [-0.2, 0) is 11.2 Å². The molecule has 0 bridgehead atoms. The van der Waals surface area contributed by atoms with Crippen molar-refractivity contribution < 1.29 is 4.79 Å². The SMILES string of the molecule is CN(C)NC(=O)CCCc1ccc(Br)cc1. The Hall–Kier alpha value is -0.870. The predicted octanol–water partition coefficient (Wildman–Crippen LogP) is 2.36. The van der Waals surface area contributed by atoms with Crippen LogP contribution in [0, 0.1) is 0 Å². The van der Waals surface area contributed by atoms with Gasteiger partial charge in [-0.25, -0.2) is 5.01 Å². The van der Waals surface area contributed by atoms with Crippen LogP contribution in [-0.4, -0.2) is 25.0 Å². The molecule has 0 atom stereocenters. The molecule has 3 nitrogen and oxygen atoms in total. The number of hydrogen-bond acceptors (Lipinski definition) is 2. The summed E-state index contributed by atoms with van der Waals surface area (Å²) in [6, 6.07) is 8.20. The molecule has 1 aromatic carbocycles. The van der Waals surface area contributed by atoms with Gasteiger partial charge in [-0.1, -0.05) is 28.1 Å². The number of hydrazine groups is 1. The van der Waals surface area contributed by atoms with E-state index in [1.807, 2.05) is 26.2 Å². The number of rotatable bonds is 5. The first-order valence-electron chi connectivity index (χ1n) is 5.29. The van der Waals surface area contributed by atoms with Crippen LogP contribution in [0.3, 0.4) is 0 Å². The van der Waals surface area contributed by atoms with E-state index in [0.29, 0.717) is 6.42 Å². The van der Waals surface area contributed by atoms with Gasteiger partial charge in [-0.05, 0) is 30.5 Å². The second-order valence-corrected chi connectivity index (χ2v) is 4.83. The first-order chi connectivity index (χ1) is 7.58. The summed E-state index contributed by atoms with van der Waals surface area (Å²) >= 11 is 3.39. The number of halogens is 1. The Morgan fingerprint density at radius 1 is 1.31 bits per heavy atom. The van der Waals surface area contributed by atoms with Crippen LogP contribution in [0.4, 0.5) is 0 Å². The molecule has 88 valence electrons. The molecule has 0 aromatic heterocycles. The van der Waals surface area contributed by atoms with Gasteiger partial charge in [0, 0.05) is 25.0 Å². The van der Waals surface area contributed by atoms with Crippen LogP contribution >= 0.6 is 15.9 Å². The second kappa shape index (κ2) is 6.66. The van der Waals surface area contributed by atoms with E-state index in [9.17, 15) is 4.79 Å². The van der Waals surface area contributed by atoms with Gasteiger partial charge in [-0.3, -0.25) is 10.2 Å². The lowest BCUT2D eigenvalue weighted by atomic mass is 10.1. The van der Waals surface area contributed by atoms with Crippen molar-refractivity contribution in [3.8, 4) is 0 Å². The number of benzene rings is 1. The highest BCUT2D eigenvalue weighted by Gasteiger charge is 2.01. The maximum Gasteiger partial charge on any atom is 0.234 e. The summed E-state index contributed by atoms with van der Waals surface area (Å²) in [5.74, 6) is 0.0714. The molecule has 0 saturated heterocycles. The Kier molecular flexibility index (Phi) is 5.49. The molecule has 0 fully saturated rings. The number of aryl methyl sites for hydroxylation is 1. The van der Waals surface area contributed by atoms with Gasteiger partial charge in [0.1, 0.15) is 0 Å². The van der Waals surface area contributed by atoms with Crippen molar-refractivity contribution in [2.75, 3.05) is 14.1 Å². The zero-order valence-electron chi connectivity index (χ0n) is 9.66. The number of hydrogen-bond donors (Lipinski definition) is 1. The number of nitrogens with zero attached hydrogens (tertiary/aromatic N) is 1. The molecular formula is C12H17BrN2O. The van der Waals surface area contributed by atoms with Gasteiger partial charge in [0.2, 0.25) is 5.91 Å². The Morgan fingerprint density at radius 3 is 2.50 bits per heavy atom. The molecular weight excluding hydrogens is 268 g/mol. The normalized spacial score (nSPS) is 10.5. The lowest BCUT2D eigenvalue weighted by molar-refractivity contribution is -0.124. The van der Waals surface area contributed by atoms with E-state index in [2.05, 4.69) is 33.5 Å². The molecule has 16 heavy (non-hydrogen) atoms. The summed E-state index contributed by atoms with van der Waals surface area (Å²) in [5, 5.41) is 1.67. The second-order valence-electron chi connectivity index (χ2n) is 3.91. The first kappa shape index (κ1) is 13.2. The van der Waals surface area contributed by atoms with E-state index in [0.717, 1.165) is 17.3 Å². The average molecular weight is 285 g/mol. The van der Waals surface area contributed by atoms with Gasteiger partial charge >= 0.3 is 0 Å². The summed E-state index contributed by atoms with van der Waals surface area (Å²) in [4.78, 5) is 11.3. The molecule has 0 aliphatic rings. The number of carbonyl (C=O) groups excluding carboxylic acids is 1. The topological polar surface area (TPSA) is 32.3 Å². The number of amides is 1. The summed E-state index contributed by atoms with van der Waals surface area (Å²) in [7, 11) is 3.62. The van der Waals surface area contributed by atoms with Gasteiger partial charge in [0.25, 0.3) is 0 Å². The zero-order valence-corrected chi connectivity index (χ0v) is 11.3. The molecule has 1 amide bonds. The lowest BCUT2D eigenvalue weighted by Gasteiger charge is -2.11. The van der Waals surface area contributed by atoms with Crippen molar-refractivity contribution >= 4 is 21.8 Å². The van der Waals surface area contributed by atoms with Crippen molar-refractivity contribution in [1.29, 1.82) is 0 Å². The third-order valence-electron chi connectivity index (χ3n) is 2.13. The molecule has 0 radical (unpaired) electrons. The highest BCUT2D eigenvalue weighted by Crippen LogP contribution is 2.12. The Labute approximate surface area is 105 Å². The smallest absolute Gasteiger partial charge is 0.234 e. The third kappa shape index (κ3) is 5.28. The molecule has 0 saturated carbocycles. The van der Waals surface area contributed by atoms with Crippen LogP contribution in [0.5, 0.6) is 0 Å². The van der Waals surface area contributed by atoms with Gasteiger partial charge in [-0.15, -0.1) is 0 Å². The minimum absolute atomic E-state index is 0.0714. The number of nitrogens with one attached hydrogen (secondary N) is 1. The molecule has 1 N–H and O–H groups in total. The van der Waals surface area contributed by atoms with E-state index in [1.54, 1.807) is 5.01 Å². The van der Waals surface area contributed by atoms with Gasteiger partial charge in [-0.2, -0.15) is 0 Å². The lowest BCUT2D eigenvalue weighted by Crippen LogP contribution is -2.35. The quantitative estimate of drug-likeness (QED) is 0.842. The van der Waals surface area contributed by atoms with E-state index >= 15 is 0 Å². The Bertz CT molecular complexity index is 335. The van der Waals surface area contributed by atoms with Crippen LogP contribution in [0.25, 0.3) is 0 Å². The minimum Gasteiger partial charge on any atom is -0.289 e. The molecule has 1 aromatic rings. The predicted molar refractivity (Wildman–Crippen MR) is 68.9 cm³/mol. The zero-order chi connectivity index (χ0) is 12.0. The Balaban J connectivity index is 2.25. The molecule has 0 aliphatic carbocycles. The van der Waals surface area contributed by atoms with Crippen molar-refractivity contribution in [1.82, 2.24) is 10.4 Å². The van der Waals surface area contributed by atoms with Gasteiger partial charge in [0.05, 0.1) is 0 Å². The summed E-state index contributed by atoms with van der Waals surface area (Å²) in [6.07, 6.45) is 2.38. The van der Waals surface area contributed by atoms with Crippen molar-refractivity contribution in [2.24, 2.45) is 0 Å². The molecule has 4 heteroatoms. The van der Waals surface area contributed by atoms with Crippen LogP contribution in [0.1, 0.15) is 18.4 Å². The molecule has 0 aliphatic heterocycles. The highest BCUT2D eigenvalue weighted by molar-refractivity contribution is 9.10. The molecule has 0 unspecified atom stereocenters. The fourth-order valence-electron chi connectivity index (χ4n) is 1.41. The van der Waals surface area contributed by atoms with Crippen molar-refractivity contribution in [3.05, 3.63) is 34.3 Å². The molecule has 0 heterocycles. The summed E-state index contributed by atoms with van der Waals surface area (Å²) in [5.41, 5.74) is 3.99. The summed E-state index contributed by atoms with van der Waals surface area (Å²) < 4.78 is 1.08. The monoisotopic (exact) mass is 284 g/mol. The van der Waals surface area contributed by atoms with Gasteiger partial charge in [0.15, 0.2) is 0 Å². The van der Waals surface area contributed by atoms with E-state index in [1.165, 1.54) is 5.56 Å². The van der Waals surface area contributed by atoms with E-state index < -0.39 is 0 Å². The third-order valence-corrected chi connectivity index (χ3v) is 2.66. The van der Waals surface area contributed by atoms with E-state index in [4.69, 9.17) is 0 Å². The number of carbonyl (C=O) groups is 1.